The Labute approximate surface area is 104 Å². The minimum absolute atomic E-state index is 0.509. The highest BCUT2D eigenvalue weighted by Crippen LogP contribution is 2.30. The maximum atomic E-state index is 11.4. The lowest BCUT2D eigenvalue weighted by Gasteiger charge is -2.13. The Morgan fingerprint density at radius 2 is 1.65 bits per heavy atom. The van der Waals surface area contributed by atoms with Crippen molar-refractivity contribution in [2.24, 2.45) is 0 Å². The maximum absolute atomic E-state index is 11.4. The van der Waals surface area contributed by atoms with Crippen LogP contribution < -0.4 is 0 Å². The molecule has 2 nitrogen and oxygen atoms in total. The highest BCUT2D eigenvalue weighted by atomic mass is 32.2. The predicted molar refractivity (Wildman–Crippen MR) is 71.9 cm³/mol. The molecule has 2 rings (SSSR count). The first-order valence-electron chi connectivity index (χ1n) is 5.54. The number of rotatable bonds is 1. The molecule has 0 radical (unpaired) electrons. The van der Waals surface area contributed by atoms with Crippen molar-refractivity contribution in [1.82, 2.24) is 0 Å². The summed E-state index contributed by atoms with van der Waals surface area (Å²) in [6, 6.07) is 5.91. The molecule has 1 unspecified atom stereocenters. The Morgan fingerprint density at radius 3 is 2.24 bits per heavy atom. The second kappa shape index (κ2) is 4.24. The van der Waals surface area contributed by atoms with E-state index in [9.17, 15) is 8.76 Å². The monoisotopic (exact) mass is 248 g/mol. The molecule has 2 aromatic carbocycles. The van der Waals surface area contributed by atoms with Crippen LogP contribution in [0.25, 0.3) is 10.8 Å². The van der Waals surface area contributed by atoms with Gasteiger partial charge in [0.05, 0.1) is 4.90 Å². The molecule has 0 saturated carbocycles. The third kappa shape index (κ3) is 2.01. The van der Waals surface area contributed by atoms with Gasteiger partial charge in [-0.15, -0.1) is 0 Å². The summed E-state index contributed by atoms with van der Waals surface area (Å²) < 4.78 is 20.8. The summed E-state index contributed by atoms with van der Waals surface area (Å²) >= 11 is -1.94. The molecular formula is C14H16O2S. The fraction of sp³-hybridized carbons (Fsp3) is 0.286. The summed E-state index contributed by atoms with van der Waals surface area (Å²) in [7, 11) is 0. The average Bonchev–Trinajstić information content (AvgIpc) is 2.21. The number of benzene rings is 2. The second-order valence-corrected chi connectivity index (χ2v) is 5.51. The minimum Gasteiger partial charge on any atom is -0.302 e. The topological polar surface area (TPSA) is 37.3 Å². The van der Waals surface area contributed by atoms with Crippen molar-refractivity contribution in [3.63, 3.8) is 0 Å². The van der Waals surface area contributed by atoms with Crippen LogP contribution in [0.15, 0.2) is 23.1 Å². The van der Waals surface area contributed by atoms with Crippen molar-refractivity contribution >= 4 is 21.9 Å². The van der Waals surface area contributed by atoms with Crippen LogP contribution in [-0.2, 0) is 11.1 Å². The molecule has 17 heavy (non-hydrogen) atoms. The molecule has 0 amide bonds. The molecular weight excluding hydrogens is 232 g/mol. The summed E-state index contributed by atoms with van der Waals surface area (Å²) in [6.07, 6.45) is 0. The Morgan fingerprint density at radius 1 is 1.00 bits per heavy atom. The normalized spacial score (nSPS) is 13.0. The maximum Gasteiger partial charge on any atom is 0.187 e. The first kappa shape index (κ1) is 12.3. The van der Waals surface area contributed by atoms with E-state index in [4.69, 9.17) is 0 Å². The number of hydrogen-bond donors (Lipinski definition) is 1. The Kier molecular flexibility index (Phi) is 3.06. The van der Waals surface area contributed by atoms with E-state index in [1.54, 1.807) is 0 Å². The van der Waals surface area contributed by atoms with Gasteiger partial charge in [0.15, 0.2) is 11.1 Å². The molecule has 0 aromatic heterocycles. The summed E-state index contributed by atoms with van der Waals surface area (Å²) in [5, 5.41) is 2.00. The second-order valence-electron chi connectivity index (χ2n) is 4.57. The fourth-order valence-electron chi connectivity index (χ4n) is 2.38. The van der Waals surface area contributed by atoms with E-state index in [2.05, 4.69) is 13.0 Å². The third-order valence-corrected chi connectivity index (χ3v) is 3.96. The van der Waals surface area contributed by atoms with Crippen LogP contribution in [0, 0.1) is 27.7 Å². The van der Waals surface area contributed by atoms with Crippen molar-refractivity contribution in [3.8, 4) is 0 Å². The first-order valence-corrected chi connectivity index (χ1v) is 6.64. The number of hydrogen-bond acceptors (Lipinski definition) is 1. The van der Waals surface area contributed by atoms with Gasteiger partial charge in [-0.2, -0.15) is 0 Å². The van der Waals surface area contributed by atoms with Crippen molar-refractivity contribution in [2.45, 2.75) is 32.6 Å². The number of fused-ring (bicyclic) bond motifs is 1. The van der Waals surface area contributed by atoms with E-state index >= 15 is 0 Å². The van der Waals surface area contributed by atoms with Crippen LogP contribution in [0.1, 0.15) is 22.3 Å². The molecule has 1 N–H and O–H groups in total. The Balaban J connectivity index is 3.04. The van der Waals surface area contributed by atoms with Crippen molar-refractivity contribution in [1.29, 1.82) is 0 Å². The van der Waals surface area contributed by atoms with E-state index in [0.717, 1.165) is 27.5 Å². The van der Waals surface area contributed by atoms with E-state index in [1.807, 2.05) is 32.9 Å². The summed E-state index contributed by atoms with van der Waals surface area (Å²) in [6.45, 7) is 8.09. The summed E-state index contributed by atoms with van der Waals surface area (Å²) in [4.78, 5) is 0.509. The Bertz CT molecular complexity index is 630. The predicted octanol–water partition coefficient (Wildman–Crippen LogP) is 3.65. The van der Waals surface area contributed by atoms with Crippen molar-refractivity contribution < 1.29 is 8.76 Å². The molecule has 3 heteroatoms. The zero-order chi connectivity index (χ0) is 12.7. The quantitative estimate of drug-likeness (QED) is 0.782. The molecule has 2 aromatic rings. The zero-order valence-corrected chi connectivity index (χ0v) is 11.3. The molecule has 90 valence electrons. The molecule has 0 saturated heterocycles. The van der Waals surface area contributed by atoms with E-state index in [1.165, 1.54) is 5.56 Å². The summed E-state index contributed by atoms with van der Waals surface area (Å²) in [5.41, 5.74) is 4.52. The highest BCUT2D eigenvalue weighted by molar-refractivity contribution is 7.79. The SMILES string of the molecule is Cc1cc(C)c2c(C)c(C)cc(S(=O)O)c2c1. The van der Waals surface area contributed by atoms with Gasteiger partial charge in [-0.25, -0.2) is 4.21 Å². The minimum atomic E-state index is -1.94. The lowest BCUT2D eigenvalue weighted by atomic mass is 9.95. The van der Waals surface area contributed by atoms with Gasteiger partial charge in [0.1, 0.15) is 0 Å². The molecule has 0 spiro atoms. The number of aryl methyl sites for hydroxylation is 4. The van der Waals surface area contributed by atoms with Gasteiger partial charge in [-0.05, 0) is 55.8 Å². The van der Waals surface area contributed by atoms with Gasteiger partial charge in [-0.1, -0.05) is 17.7 Å². The van der Waals surface area contributed by atoms with Crippen LogP contribution >= 0.6 is 0 Å². The van der Waals surface area contributed by atoms with E-state index in [-0.39, 0.29) is 0 Å². The van der Waals surface area contributed by atoms with Gasteiger partial charge >= 0.3 is 0 Å². The smallest absolute Gasteiger partial charge is 0.187 e. The summed E-state index contributed by atoms with van der Waals surface area (Å²) in [5.74, 6) is 0. The van der Waals surface area contributed by atoms with Gasteiger partial charge in [0, 0.05) is 5.39 Å². The van der Waals surface area contributed by atoms with Gasteiger partial charge in [0.2, 0.25) is 0 Å². The lowest BCUT2D eigenvalue weighted by molar-refractivity contribution is 0.565. The van der Waals surface area contributed by atoms with Gasteiger partial charge < -0.3 is 4.55 Å². The van der Waals surface area contributed by atoms with Gasteiger partial charge in [0.25, 0.3) is 0 Å². The molecule has 0 aliphatic rings. The van der Waals surface area contributed by atoms with Crippen LogP contribution in [0.4, 0.5) is 0 Å². The zero-order valence-electron chi connectivity index (χ0n) is 10.5. The molecule has 0 aliphatic heterocycles. The largest absolute Gasteiger partial charge is 0.302 e. The Hall–Kier alpha value is -1.19. The molecule has 0 bridgehead atoms. The molecule has 1 atom stereocenters. The van der Waals surface area contributed by atoms with Crippen LogP contribution in [0.2, 0.25) is 0 Å². The molecule has 0 fully saturated rings. The van der Waals surface area contributed by atoms with Crippen LogP contribution in [0.3, 0.4) is 0 Å². The fourth-order valence-corrected chi connectivity index (χ4v) is 3.01. The van der Waals surface area contributed by atoms with Gasteiger partial charge in [-0.3, -0.25) is 0 Å². The lowest BCUT2D eigenvalue weighted by Crippen LogP contribution is -1.97. The van der Waals surface area contributed by atoms with E-state index in [0.29, 0.717) is 4.90 Å². The van der Waals surface area contributed by atoms with E-state index < -0.39 is 11.1 Å². The molecule has 0 aliphatic carbocycles. The van der Waals surface area contributed by atoms with Crippen LogP contribution in [-0.4, -0.2) is 8.76 Å². The molecule has 0 heterocycles. The first-order chi connectivity index (χ1) is 7.91. The average molecular weight is 248 g/mol. The van der Waals surface area contributed by atoms with Crippen molar-refractivity contribution in [3.05, 3.63) is 40.5 Å². The highest BCUT2D eigenvalue weighted by Gasteiger charge is 2.12. The van der Waals surface area contributed by atoms with Crippen molar-refractivity contribution in [2.75, 3.05) is 0 Å². The van der Waals surface area contributed by atoms with Crippen LogP contribution in [0.5, 0.6) is 0 Å². The third-order valence-electron chi connectivity index (χ3n) is 3.25. The standard InChI is InChI=1S/C14H16O2S/c1-8-5-10(3)14-11(4)9(2)7-13(17(15)16)12(14)6-8/h5-7H,1-4H3,(H,15,16).